The van der Waals surface area contributed by atoms with Crippen molar-refractivity contribution in [2.75, 3.05) is 33.3 Å². The highest BCUT2D eigenvalue weighted by molar-refractivity contribution is 5.87. The summed E-state index contributed by atoms with van der Waals surface area (Å²) < 4.78 is 5.35. The molecule has 1 unspecified atom stereocenters. The van der Waals surface area contributed by atoms with E-state index in [2.05, 4.69) is 21.6 Å². The Labute approximate surface area is 211 Å². The van der Waals surface area contributed by atoms with Crippen molar-refractivity contribution in [2.24, 2.45) is 7.05 Å². The molecule has 10 nitrogen and oxygen atoms in total. The molecule has 2 aliphatic heterocycles. The second kappa shape index (κ2) is 10.0. The van der Waals surface area contributed by atoms with Gasteiger partial charge in [0.2, 0.25) is 5.91 Å². The van der Waals surface area contributed by atoms with Crippen LogP contribution < -0.4 is 10.6 Å². The third-order valence-electron chi connectivity index (χ3n) is 7.08. The number of rotatable bonds is 6. The zero-order valence-electron chi connectivity index (χ0n) is 21.4. The zero-order chi connectivity index (χ0) is 25.3. The van der Waals surface area contributed by atoms with E-state index in [0.717, 1.165) is 40.4 Å². The fraction of sp³-hybridized carbons (Fsp3) is 0.500. The smallest absolute Gasteiger partial charge is 0.240 e. The maximum atomic E-state index is 12.8. The molecule has 1 aromatic carbocycles. The fourth-order valence-corrected chi connectivity index (χ4v) is 5.42. The van der Waals surface area contributed by atoms with Crippen molar-refractivity contribution in [2.45, 2.75) is 44.9 Å². The molecule has 190 valence electrons. The van der Waals surface area contributed by atoms with Gasteiger partial charge >= 0.3 is 0 Å². The van der Waals surface area contributed by atoms with Crippen molar-refractivity contribution < 1.29 is 9.53 Å². The molecule has 2 fully saturated rings. The van der Waals surface area contributed by atoms with Gasteiger partial charge in [-0.05, 0) is 44.4 Å². The van der Waals surface area contributed by atoms with Gasteiger partial charge in [-0.1, -0.05) is 18.2 Å². The first-order valence-corrected chi connectivity index (χ1v) is 12.5. The number of hydrogen-bond acceptors (Lipinski definition) is 8. The van der Waals surface area contributed by atoms with Crippen LogP contribution in [0.3, 0.4) is 0 Å². The molecule has 5 rings (SSSR count). The first-order chi connectivity index (χ1) is 17.4. The van der Waals surface area contributed by atoms with Gasteiger partial charge < -0.3 is 15.4 Å². The fourth-order valence-electron chi connectivity index (χ4n) is 5.42. The molecule has 0 radical (unpaired) electrons. The summed E-state index contributed by atoms with van der Waals surface area (Å²) in [4.78, 5) is 26.4. The Bertz CT molecular complexity index is 1230. The van der Waals surface area contributed by atoms with Crippen LogP contribution in [0.2, 0.25) is 0 Å². The number of piperidine rings is 1. The van der Waals surface area contributed by atoms with Gasteiger partial charge in [-0.15, -0.1) is 0 Å². The highest BCUT2D eigenvalue weighted by Crippen LogP contribution is 2.36. The van der Waals surface area contributed by atoms with Crippen LogP contribution in [0.4, 0.5) is 0 Å². The number of nitrogens with zero attached hydrogens (tertiary/aromatic N) is 6. The number of carbonyl (C=O) groups is 1. The summed E-state index contributed by atoms with van der Waals surface area (Å²) in [6, 6.07) is 9.89. The van der Waals surface area contributed by atoms with Crippen LogP contribution in [0.1, 0.15) is 47.4 Å². The molecule has 0 bridgehead atoms. The summed E-state index contributed by atoms with van der Waals surface area (Å²) in [5, 5.41) is 16.1. The molecule has 1 spiro atoms. The Hall–Kier alpha value is -3.21. The van der Waals surface area contributed by atoms with Crippen LogP contribution in [0, 0.1) is 13.8 Å². The second-order valence-electron chi connectivity index (χ2n) is 9.77. The van der Waals surface area contributed by atoms with Gasteiger partial charge in [-0.25, -0.2) is 9.97 Å². The SMILES string of the molecule is COCc1cccc(-c2nn(C)nc2C(c2nc(C)cc(C)n2)N2CCC3(CC2)NCCNC3=O)c1. The molecular formula is C26H34N8O2. The van der Waals surface area contributed by atoms with Crippen LogP contribution in [0.25, 0.3) is 11.3 Å². The molecule has 0 saturated carbocycles. The summed E-state index contributed by atoms with van der Waals surface area (Å²) in [6.45, 7) is 7.39. The van der Waals surface area contributed by atoms with Crippen LogP contribution in [-0.4, -0.2) is 74.6 Å². The Balaban J connectivity index is 1.56. The number of aromatic nitrogens is 5. The summed E-state index contributed by atoms with van der Waals surface area (Å²) >= 11 is 0. The van der Waals surface area contributed by atoms with Gasteiger partial charge in [0.05, 0.1) is 6.61 Å². The largest absolute Gasteiger partial charge is 0.380 e. The monoisotopic (exact) mass is 490 g/mol. The third-order valence-corrected chi connectivity index (χ3v) is 7.08. The molecule has 1 atom stereocenters. The van der Waals surface area contributed by atoms with E-state index >= 15 is 0 Å². The molecule has 2 aliphatic rings. The molecule has 3 aromatic rings. The predicted octanol–water partition coefficient (Wildman–Crippen LogP) is 1.68. The number of ether oxygens (including phenoxy) is 1. The van der Waals surface area contributed by atoms with Gasteiger partial charge in [0.25, 0.3) is 0 Å². The van der Waals surface area contributed by atoms with Crippen molar-refractivity contribution in [1.29, 1.82) is 0 Å². The summed E-state index contributed by atoms with van der Waals surface area (Å²) in [7, 11) is 3.53. The van der Waals surface area contributed by atoms with Crippen molar-refractivity contribution in [3.8, 4) is 11.3 Å². The van der Waals surface area contributed by atoms with Crippen molar-refractivity contribution in [1.82, 2.24) is 40.5 Å². The number of likely N-dealkylation sites (tertiary alicyclic amines) is 1. The van der Waals surface area contributed by atoms with Crippen LogP contribution >= 0.6 is 0 Å². The molecule has 0 aliphatic carbocycles. The van der Waals surface area contributed by atoms with E-state index in [9.17, 15) is 4.79 Å². The van der Waals surface area contributed by atoms with E-state index < -0.39 is 5.54 Å². The Morgan fingerprint density at radius 3 is 2.53 bits per heavy atom. The van der Waals surface area contributed by atoms with E-state index in [4.69, 9.17) is 24.9 Å². The first-order valence-electron chi connectivity index (χ1n) is 12.5. The summed E-state index contributed by atoms with van der Waals surface area (Å²) in [5.41, 5.74) is 4.98. The molecule has 2 N–H and O–H groups in total. The summed E-state index contributed by atoms with van der Waals surface area (Å²) in [6.07, 6.45) is 1.41. The van der Waals surface area contributed by atoms with Gasteiger partial charge in [0.1, 0.15) is 23.0 Å². The Morgan fingerprint density at radius 1 is 1.08 bits per heavy atom. The van der Waals surface area contributed by atoms with Crippen LogP contribution in [0.5, 0.6) is 0 Å². The molecule has 1 amide bonds. The lowest BCUT2D eigenvalue weighted by Gasteiger charge is -2.45. The van der Waals surface area contributed by atoms with Crippen molar-refractivity contribution >= 4 is 5.91 Å². The molecule has 4 heterocycles. The van der Waals surface area contributed by atoms with Gasteiger partial charge in [0, 0.05) is 57.3 Å². The minimum Gasteiger partial charge on any atom is -0.380 e. The average Bonchev–Trinajstić information content (AvgIpc) is 3.23. The average molecular weight is 491 g/mol. The normalized spacial score (nSPS) is 18.8. The van der Waals surface area contributed by atoms with Crippen LogP contribution in [-0.2, 0) is 23.2 Å². The number of amides is 1. The van der Waals surface area contributed by atoms with E-state index in [1.165, 1.54) is 0 Å². The lowest BCUT2D eigenvalue weighted by atomic mass is 9.84. The zero-order valence-corrected chi connectivity index (χ0v) is 21.4. The molecule has 2 saturated heterocycles. The number of piperazine rings is 1. The highest BCUT2D eigenvalue weighted by Gasteiger charge is 2.45. The Kier molecular flexibility index (Phi) is 6.83. The van der Waals surface area contributed by atoms with Crippen LogP contribution in [0.15, 0.2) is 30.3 Å². The lowest BCUT2D eigenvalue weighted by Crippen LogP contribution is -2.66. The minimum absolute atomic E-state index is 0.0998. The highest BCUT2D eigenvalue weighted by atomic mass is 16.5. The third kappa shape index (κ3) is 4.76. The number of aryl methyl sites for hydroxylation is 3. The lowest BCUT2D eigenvalue weighted by molar-refractivity contribution is -0.131. The first kappa shape index (κ1) is 24.5. The number of carbonyl (C=O) groups excluding carboxylic acids is 1. The van der Waals surface area contributed by atoms with E-state index in [1.54, 1.807) is 11.9 Å². The number of nitrogens with one attached hydrogen (secondary N) is 2. The Morgan fingerprint density at radius 2 is 1.83 bits per heavy atom. The predicted molar refractivity (Wildman–Crippen MR) is 135 cm³/mol. The topological polar surface area (TPSA) is 110 Å². The molecular weight excluding hydrogens is 456 g/mol. The second-order valence-corrected chi connectivity index (χ2v) is 9.77. The van der Waals surface area contributed by atoms with Gasteiger partial charge in [0.15, 0.2) is 5.82 Å². The maximum Gasteiger partial charge on any atom is 0.240 e. The minimum atomic E-state index is -0.512. The maximum absolute atomic E-state index is 12.8. The summed E-state index contributed by atoms with van der Waals surface area (Å²) in [5.74, 6) is 0.807. The van der Waals surface area contributed by atoms with Crippen molar-refractivity contribution in [3.63, 3.8) is 0 Å². The molecule has 2 aromatic heterocycles. The quantitative estimate of drug-likeness (QED) is 0.537. The standard InChI is InChI=1S/C26H34N8O2/c1-17-14-18(2)30-24(29-17)23(34-12-8-26(9-13-34)25(35)27-10-11-28-26)22-21(31-33(3)32-22)20-7-5-6-19(15-20)16-36-4/h5-7,14-15,23,28H,8-13,16H2,1-4H3,(H,27,35). The number of benzene rings is 1. The van der Waals surface area contributed by atoms with Gasteiger partial charge in [-0.3, -0.25) is 9.69 Å². The number of methoxy groups -OCH3 is 1. The van der Waals surface area contributed by atoms with Gasteiger partial charge in [-0.2, -0.15) is 15.0 Å². The van der Waals surface area contributed by atoms with E-state index in [-0.39, 0.29) is 11.9 Å². The molecule has 10 heteroatoms. The van der Waals surface area contributed by atoms with E-state index in [0.29, 0.717) is 44.9 Å². The van der Waals surface area contributed by atoms with Crippen molar-refractivity contribution in [3.05, 3.63) is 58.8 Å². The van der Waals surface area contributed by atoms with E-state index in [1.807, 2.05) is 45.2 Å². The number of hydrogen-bond donors (Lipinski definition) is 2. The molecule has 36 heavy (non-hydrogen) atoms.